The number of sulfonamides is 1. The molecule has 6 heteroatoms. The maximum Gasteiger partial charge on any atom is 0.235 e. The van der Waals surface area contributed by atoms with Crippen molar-refractivity contribution >= 4 is 38.9 Å². The monoisotopic (exact) mass is 267 g/mol. The van der Waals surface area contributed by atoms with Gasteiger partial charge >= 0.3 is 0 Å². The van der Waals surface area contributed by atoms with Crippen molar-refractivity contribution in [1.82, 2.24) is 0 Å². The molecule has 0 atom stereocenters. The van der Waals surface area contributed by atoms with E-state index in [1.807, 2.05) is 0 Å². The minimum absolute atomic E-state index is 0.376. The van der Waals surface area contributed by atoms with Crippen molar-refractivity contribution in [3.63, 3.8) is 0 Å². The Morgan fingerprint density at radius 1 is 1.13 bits per heavy atom. The average Bonchev–Trinajstić information content (AvgIpc) is 1.99. The van der Waals surface area contributed by atoms with Gasteiger partial charge in [0.25, 0.3) is 0 Å². The van der Waals surface area contributed by atoms with Gasteiger partial charge in [-0.15, -0.1) is 0 Å². The van der Waals surface area contributed by atoms with Crippen LogP contribution in [0.3, 0.4) is 0 Å². The van der Waals surface area contributed by atoms with Crippen molar-refractivity contribution < 1.29 is 8.42 Å². The molecule has 0 aliphatic carbocycles. The van der Waals surface area contributed by atoms with Crippen molar-refractivity contribution in [3.8, 4) is 0 Å². The van der Waals surface area contributed by atoms with Crippen molar-refractivity contribution in [3.05, 3.63) is 28.2 Å². The van der Waals surface area contributed by atoms with Crippen LogP contribution in [0.5, 0.6) is 0 Å². The van der Waals surface area contributed by atoms with E-state index in [9.17, 15) is 8.42 Å². The van der Waals surface area contributed by atoms with Gasteiger partial charge in [-0.2, -0.15) is 0 Å². The van der Waals surface area contributed by atoms with Crippen LogP contribution < -0.4 is 4.72 Å². The third-order valence-electron chi connectivity index (χ3n) is 1.74. The lowest BCUT2D eigenvalue weighted by atomic mass is 10.3. The summed E-state index contributed by atoms with van der Waals surface area (Å²) < 4.78 is 25.5. The fraction of sp³-hybridized carbons (Fsp3) is 0.333. The molecule has 0 aliphatic rings. The molecular weight excluding hydrogens is 257 g/mol. The van der Waals surface area contributed by atoms with Gasteiger partial charge < -0.3 is 0 Å². The lowest BCUT2D eigenvalue weighted by Gasteiger charge is -2.11. The molecule has 84 valence electrons. The largest absolute Gasteiger partial charge is 0.283 e. The zero-order chi connectivity index (χ0) is 11.6. The van der Waals surface area contributed by atoms with E-state index in [0.29, 0.717) is 15.7 Å². The van der Waals surface area contributed by atoms with Crippen LogP contribution in [0.25, 0.3) is 0 Å². The van der Waals surface area contributed by atoms with Gasteiger partial charge in [-0.1, -0.05) is 23.2 Å². The Morgan fingerprint density at radius 2 is 1.60 bits per heavy atom. The smallest absolute Gasteiger partial charge is 0.235 e. The maximum atomic E-state index is 11.5. The fourth-order valence-corrected chi connectivity index (χ4v) is 2.10. The van der Waals surface area contributed by atoms with E-state index in [2.05, 4.69) is 4.72 Å². The minimum Gasteiger partial charge on any atom is -0.283 e. The van der Waals surface area contributed by atoms with Gasteiger partial charge in [-0.05, 0) is 32.0 Å². The Bertz CT molecular complexity index is 437. The second kappa shape index (κ2) is 4.60. The predicted molar refractivity (Wildman–Crippen MR) is 64.1 cm³/mol. The number of rotatable bonds is 3. The molecule has 0 aliphatic heterocycles. The van der Waals surface area contributed by atoms with Gasteiger partial charge in [-0.25, -0.2) is 8.42 Å². The highest BCUT2D eigenvalue weighted by Crippen LogP contribution is 2.23. The summed E-state index contributed by atoms with van der Waals surface area (Å²) in [5.41, 5.74) is 0.376. The first-order valence-electron chi connectivity index (χ1n) is 4.29. The second-order valence-electron chi connectivity index (χ2n) is 3.35. The van der Waals surface area contributed by atoms with Gasteiger partial charge in [0.2, 0.25) is 10.0 Å². The highest BCUT2D eigenvalue weighted by molar-refractivity contribution is 7.93. The minimum atomic E-state index is -3.35. The maximum absolute atomic E-state index is 11.5. The molecule has 0 saturated carbocycles. The van der Waals surface area contributed by atoms with Crippen LogP contribution in [0.4, 0.5) is 5.69 Å². The summed E-state index contributed by atoms with van der Waals surface area (Å²) in [6.45, 7) is 3.18. The molecule has 0 fully saturated rings. The van der Waals surface area contributed by atoms with Gasteiger partial charge in [0.15, 0.2) is 0 Å². The van der Waals surface area contributed by atoms with E-state index in [0.717, 1.165) is 0 Å². The number of hydrogen-bond donors (Lipinski definition) is 1. The summed E-state index contributed by atoms with van der Waals surface area (Å²) in [6, 6.07) is 4.55. The van der Waals surface area contributed by atoms with Crippen LogP contribution in [-0.2, 0) is 10.0 Å². The molecule has 0 radical (unpaired) electrons. The van der Waals surface area contributed by atoms with Crippen LogP contribution in [0.2, 0.25) is 10.0 Å². The first-order valence-corrected chi connectivity index (χ1v) is 6.59. The second-order valence-corrected chi connectivity index (χ2v) is 6.46. The predicted octanol–water partition coefficient (Wildman–Crippen LogP) is 3.14. The SMILES string of the molecule is CC(C)S(=O)(=O)Nc1cc(Cl)cc(Cl)c1. The molecule has 0 amide bonds. The van der Waals surface area contributed by atoms with Crippen LogP contribution in [-0.4, -0.2) is 13.7 Å². The van der Waals surface area contributed by atoms with E-state index in [1.165, 1.54) is 18.2 Å². The van der Waals surface area contributed by atoms with Crippen LogP contribution in [0.15, 0.2) is 18.2 Å². The normalized spacial score (nSPS) is 11.8. The van der Waals surface area contributed by atoms with E-state index in [-0.39, 0.29) is 0 Å². The third kappa shape index (κ3) is 3.55. The number of hydrogen-bond acceptors (Lipinski definition) is 2. The Labute approximate surface area is 99.4 Å². The van der Waals surface area contributed by atoms with Crippen molar-refractivity contribution in [2.75, 3.05) is 4.72 Å². The first kappa shape index (κ1) is 12.6. The Balaban J connectivity index is 3.00. The Morgan fingerprint density at radius 3 is 2.00 bits per heavy atom. The van der Waals surface area contributed by atoms with Crippen molar-refractivity contribution in [2.45, 2.75) is 19.1 Å². The van der Waals surface area contributed by atoms with Gasteiger partial charge in [0.05, 0.1) is 10.9 Å². The molecule has 1 aromatic rings. The number of halogens is 2. The molecule has 1 aromatic carbocycles. The molecule has 0 saturated heterocycles. The zero-order valence-electron chi connectivity index (χ0n) is 8.29. The molecule has 0 heterocycles. The lowest BCUT2D eigenvalue weighted by molar-refractivity contribution is 0.593. The van der Waals surface area contributed by atoms with Crippen LogP contribution >= 0.6 is 23.2 Å². The molecule has 15 heavy (non-hydrogen) atoms. The molecule has 0 aromatic heterocycles. The van der Waals surface area contributed by atoms with E-state index in [4.69, 9.17) is 23.2 Å². The van der Waals surface area contributed by atoms with Gasteiger partial charge in [0, 0.05) is 10.0 Å². The standard InChI is InChI=1S/C9H11Cl2NO2S/c1-6(2)15(13,14)12-9-4-7(10)3-8(11)5-9/h3-6,12H,1-2H3. The molecule has 0 spiro atoms. The number of anilines is 1. The summed E-state index contributed by atoms with van der Waals surface area (Å²) in [4.78, 5) is 0. The Kier molecular flexibility index (Phi) is 3.87. The van der Waals surface area contributed by atoms with Gasteiger partial charge in [-0.3, -0.25) is 4.72 Å². The summed E-state index contributed by atoms with van der Waals surface area (Å²) in [5, 5.41) is 0.281. The number of nitrogens with one attached hydrogen (secondary N) is 1. The molecule has 1 N–H and O–H groups in total. The van der Waals surface area contributed by atoms with E-state index >= 15 is 0 Å². The van der Waals surface area contributed by atoms with Gasteiger partial charge in [0.1, 0.15) is 0 Å². The quantitative estimate of drug-likeness (QED) is 0.915. The summed E-state index contributed by atoms with van der Waals surface area (Å²) in [7, 11) is -3.35. The van der Waals surface area contributed by atoms with Crippen LogP contribution in [0.1, 0.15) is 13.8 Å². The summed E-state index contributed by atoms with van der Waals surface area (Å²) >= 11 is 11.5. The molecular formula is C9H11Cl2NO2S. The van der Waals surface area contributed by atoms with E-state index in [1.54, 1.807) is 13.8 Å². The van der Waals surface area contributed by atoms with Crippen molar-refractivity contribution in [2.24, 2.45) is 0 Å². The van der Waals surface area contributed by atoms with E-state index < -0.39 is 15.3 Å². The molecule has 1 rings (SSSR count). The fourth-order valence-electron chi connectivity index (χ4n) is 0.895. The first-order chi connectivity index (χ1) is 6.81. The average molecular weight is 268 g/mol. The summed E-state index contributed by atoms with van der Waals surface area (Å²) in [6.07, 6.45) is 0. The molecule has 0 bridgehead atoms. The molecule has 3 nitrogen and oxygen atoms in total. The third-order valence-corrected chi connectivity index (χ3v) is 3.94. The topological polar surface area (TPSA) is 46.2 Å². The zero-order valence-corrected chi connectivity index (χ0v) is 10.6. The Hall–Kier alpha value is -0.450. The number of benzene rings is 1. The highest BCUT2D eigenvalue weighted by Gasteiger charge is 2.15. The summed E-state index contributed by atoms with van der Waals surface area (Å²) in [5.74, 6) is 0. The van der Waals surface area contributed by atoms with Crippen molar-refractivity contribution in [1.29, 1.82) is 0 Å². The lowest BCUT2D eigenvalue weighted by Crippen LogP contribution is -2.22. The highest BCUT2D eigenvalue weighted by atomic mass is 35.5. The van der Waals surface area contributed by atoms with Crippen LogP contribution in [0, 0.1) is 0 Å². The molecule has 0 unspecified atom stereocenters.